The Morgan fingerprint density at radius 3 is 2.58 bits per heavy atom. The molecule has 104 valence electrons. The molecule has 0 radical (unpaired) electrons. The molecule has 2 heterocycles. The summed E-state index contributed by atoms with van der Waals surface area (Å²) < 4.78 is 4.31. The van der Waals surface area contributed by atoms with Crippen molar-refractivity contribution in [2.24, 2.45) is 7.05 Å². The number of fused-ring (bicyclic) bond motifs is 1. The highest BCUT2D eigenvalue weighted by atomic mass is 35.5. The van der Waals surface area contributed by atoms with Gasteiger partial charge < -0.3 is 4.57 Å². The summed E-state index contributed by atoms with van der Waals surface area (Å²) in [5, 5.41) is 4.52. The van der Waals surface area contributed by atoms with Gasteiger partial charge in [0, 0.05) is 12.6 Å². The predicted octanol–water partition coefficient (Wildman–Crippen LogP) is 3.53. The van der Waals surface area contributed by atoms with Crippen molar-refractivity contribution >= 4 is 22.8 Å². The van der Waals surface area contributed by atoms with Gasteiger partial charge in [-0.3, -0.25) is 4.68 Å². The summed E-state index contributed by atoms with van der Waals surface area (Å²) in [4.78, 5) is 4.80. The van der Waals surface area contributed by atoms with Crippen LogP contribution in [0.5, 0.6) is 0 Å². The van der Waals surface area contributed by atoms with Gasteiger partial charge in [-0.1, -0.05) is 6.92 Å². The van der Waals surface area contributed by atoms with Crippen LogP contribution in [0.2, 0.25) is 0 Å². The van der Waals surface area contributed by atoms with Gasteiger partial charge in [-0.25, -0.2) is 4.98 Å². The highest BCUT2D eigenvalue weighted by molar-refractivity contribution is 6.20. The lowest BCUT2D eigenvalue weighted by Gasteiger charge is -2.41. The molecular weight excluding hydrogens is 260 g/mol. The summed E-state index contributed by atoms with van der Waals surface area (Å²) in [5.41, 5.74) is 3.38. The molecule has 19 heavy (non-hydrogen) atoms. The highest BCUT2D eigenvalue weighted by Crippen LogP contribution is 2.43. The largest absolute Gasteiger partial charge is 0.306 e. The Balaban J connectivity index is 2.32. The van der Waals surface area contributed by atoms with E-state index in [1.54, 1.807) is 0 Å². The maximum absolute atomic E-state index is 6.36. The molecule has 0 saturated heterocycles. The van der Waals surface area contributed by atoms with Gasteiger partial charge in [0.2, 0.25) is 0 Å². The van der Waals surface area contributed by atoms with E-state index in [-0.39, 0.29) is 10.9 Å². The van der Waals surface area contributed by atoms with E-state index in [0.717, 1.165) is 29.1 Å². The number of hydrogen-bond donors (Lipinski definition) is 0. The van der Waals surface area contributed by atoms with Gasteiger partial charge in [0.1, 0.15) is 11.3 Å². The minimum absolute atomic E-state index is 0.0745. The first-order valence-electron chi connectivity index (χ1n) is 7.06. The molecule has 0 aliphatic heterocycles. The van der Waals surface area contributed by atoms with Gasteiger partial charge in [-0.2, -0.15) is 5.10 Å². The topological polar surface area (TPSA) is 35.6 Å². The van der Waals surface area contributed by atoms with Crippen LogP contribution in [0.3, 0.4) is 0 Å². The lowest BCUT2D eigenvalue weighted by atomic mass is 9.78. The van der Waals surface area contributed by atoms with Crippen LogP contribution in [-0.4, -0.2) is 19.3 Å². The fourth-order valence-corrected chi connectivity index (χ4v) is 3.29. The Kier molecular flexibility index (Phi) is 2.89. The lowest BCUT2D eigenvalue weighted by Crippen LogP contribution is -2.39. The molecule has 1 aliphatic carbocycles. The maximum atomic E-state index is 6.36. The van der Waals surface area contributed by atoms with Crippen molar-refractivity contribution in [2.75, 3.05) is 0 Å². The van der Waals surface area contributed by atoms with Crippen LogP contribution in [0.15, 0.2) is 0 Å². The molecule has 5 heteroatoms. The number of hydrogen-bond acceptors (Lipinski definition) is 2. The molecule has 1 aliphatic rings. The fourth-order valence-electron chi connectivity index (χ4n) is 3.15. The van der Waals surface area contributed by atoms with E-state index in [0.29, 0.717) is 0 Å². The predicted molar refractivity (Wildman–Crippen MR) is 77.6 cm³/mol. The molecule has 0 spiro atoms. The third-order valence-corrected chi connectivity index (χ3v) is 4.59. The molecule has 2 aromatic heterocycles. The third kappa shape index (κ3) is 1.72. The average molecular weight is 281 g/mol. The summed E-state index contributed by atoms with van der Waals surface area (Å²) in [7, 11) is 2.00. The lowest BCUT2D eigenvalue weighted by molar-refractivity contribution is 0.167. The summed E-state index contributed by atoms with van der Waals surface area (Å²) in [5.74, 6) is 0.988. The molecule has 1 saturated carbocycles. The third-order valence-electron chi connectivity index (χ3n) is 4.39. The van der Waals surface area contributed by atoms with E-state index in [9.17, 15) is 0 Å². The molecule has 1 unspecified atom stereocenters. The number of alkyl halides is 1. The normalized spacial score (nSPS) is 19.6. The molecule has 0 bridgehead atoms. The minimum atomic E-state index is -0.0745. The van der Waals surface area contributed by atoms with Gasteiger partial charge in [0.15, 0.2) is 5.65 Å². The zero-order valence-electron chi connectivity index (χ0n) is 12.1. The van der Waals surface area contributed by atoms with Gasteiger partial charge in [0.05, 0.1) is 11.1 Å². The van der Waals surface area contributed by atoms with Gasteiger partial charge in [0.25, 0.3) is 0 Å². The van der Waals surface area contributed by atoms with Crippen LogP contribution >= 0.6 is 11.6 Å². The number of rotatable bonds is 3. The van der Waals surface area contributed by atoms with Crippen molar-refractivity contribution in [3.63, 3.8) is 0 Å². The van der Waals surface area contributed by atoms with Gasteiger partial charge in [-0.05, 0) is 39.5 Å². The number of imidazole rings is 1. The van der Waals surface area contributed by atoms with E-state index >= 15 is 0 Å². The molecule has 2 aromatic rings. The summed E-state index contributed by atoms with van der Waals surface area (Å²) in [6.45, 7) is 6.43. The second-order valence-corrected chi connectivity index (χ2v) is 6.52. The molecule has 4 nitrogen and oxygen atoms in total. The van der Waals surface area contributed by atoms with E-state index in [1.807, 2.05) is 18.7 Å². The Bertz CT molecular complexity index is 619. The Morgan fingerprint density at radius 2 is 2.11 bits per heavy atom. The summed E-state index contributed by atoms with van der Waals surface area (Å²) in [6, 6.07) is 0. The number of aromatic nitrogens is 4. The fraction of sp³-hybridized carbons (Fsp3) is 0.714. The molecule has 0 amide bonds. The standard InChI is InChI=1S/C14H21ClN4/c1-5-10-11-13(18(4)17-10)19(12(16-11)9(2)15)14(3)7-6-8-14/h9H,5-8H2,1-4H3. The van der Waals surface area contributed by atoms with E-state index in [2.05, 4.69) is 23.5 Å². The van der Waals surface area contributed by atoms with Crippen molar-refractivity contribution in [3.05, 3.63) is 11.5 Å². The van der Waals surface area contributed by atoms with E-state index < -0.39 is 0 Å². The van der Waals surface area contributed by atoms with Crippen LogP contribution in [0.1, 0.15) is 56.9 Å². The van der Waals surface area contributed by atoms with Crippen molar-refractivity contribution in [1.82, 2.24) is 19.3 Å². The minimum Gasteiger partial charge on any atom is -0.306 e. The zero-order valence-corrected chi connectivity index (χ0v) is 12.8. The van der Waals surface area contributed by atoms with E-state index in [1.165, 1.54) is 19.3 Å². The first-order valence-corrected chi connectivity index (χ1v) is 7.50. The Morgan fingerprint density at radius 1 is 1.42 bits per heavy atom. The van der Waals surface area contributed by atoms with Crippen LogP contribution < -0.4 is 0 Å². The van der Waals surface area contributed by atoms with Crippen molar-refractivity contribution in [2.45, 2.75) is 57.4 Å². The summed E-state index contributed by atoms with van der Waals surface area (Å²) in [6.07, 6.45) is 4.58. The van der Waals surface area contributed by atoms with Gasteiger partial charge >= 0.3 is 0 Å². The zero-order chi connectivity index (χ0) is 13.8. The Hall–Kier alpha value is -1.03. The molecule has 1 fully saturated rings. The smallest absolute Gasteiger partial charge is 0.159 e. The van der Waals surface area contributed by atoms with E-state index in [4.69, 9.17) is 16.6 Å². The van der Waals surface area contributed by atoms with Crippen LogP contribution in [0.25, 0.3) is 11.2 Å². The first kappa shape index (κ1) is 13.0. The SMILES string of the molecule is CCc1nn(C)c2c1nc(C(C)Cl)n2C1(C)CCC1. The van der Waals surface area contributed by atoms with Crippen LogP contribution in [0.4, 0.5) is 0 Å². The number of nitrogens with zero attached hydrogens (tertiary/aromatic N) is 4. The van der Waals surface area contributed by atoms with Crippen LogP contribution in [-0.2, 0) is 19.0 Å². The molecule has 3 rings (SSSR count). The molecule has 1 atom stereocenters. The molecule has 0 N–H and O–H groups in total. The first-order chi connectivity index (χ1) is 8.98. The van der Waals surface area contributed by atoms with Crippen LogP contribution in [0, 0.1) is 0 Å². The monoisotopic (exact) mass is 280 g/mol. The number of aryl methyl sites for hydroxylation is 2. The molecule has 0 aromatic carbocycles. The average Bonchev–Trinajstić information content (AvgIpc) is 2.85. The second kappa shape index (κ2) is 4.23. The summed E-state index contributed by atoms with van der Waals surface area (Å²) >= 11 is 6.36. The molecular formula is C14H21ClN4. The maximum Gasteiger partial charge on any atom is 0.159 e. The highest BCUT2D eigenvalue weighted by Gasteiger charge is 2.38. The Labute approximate surface area is 118 Å². The quantitative estimate of drug-likeness (QED) is 0.806. The van der Waals surface area contributed by atoms with Crippen molar-refractivity contribution in [1.29, 1.82) is 0 Å². The second-order valence-electron chi connectivity index (χ2n) is 5.87. The van der Waals surface area contributed by atoms with Gasteiger partial charge in [-0.15, -0.1) is 11.6 Å². The van der Waals surface area contributed by atoms with Crippen molar-refractivity contribution < 1.29 is 0 Å². The number of halogens is 1. The van der Waals surface area contributed by atoms with Crippen molar-refractivity contribution in [3.8, 4) is 0 Å².